The van der Waals surface area contributed by atoms with Crippen LogP contribution in [0.1, 0.15) is 33.6 Å². The molecule has 0 aromatic carbocycles. The van der Waals surface area contributed by atoms with Crippen LogP contribution in [0.15, 0.2) is 0 Å². The Bertz CT molecular complexity index is 250. The van der Waals surface area contributed by atoms with Crippen molar-refractivity contribution in [3.8, 4) is 0 Å². The van der Waals surface area contributed by atoms with E-state index in [0.717, 1.165) is 0 Å². The number of carboxylic acids is 1. The molecule has 0 saturated carbocycles. The fourth-order valence-electron chi connectivity index (χ4n) is 2.16. The molecule has 1 aliphatic rings. The van der Waals surface area contributed by atoms with Crippen LogP contribution < -0.4 is 0 Å². The van der Waals surface area contributed by atoms with Crippen molar-refractivity contribution >= 4 is 11.9 Å². The number of nitrogens with zero attached hydrogens (tertiary/aromatic N) is 1. The predicted octanol–water partition coefficient (Wildman–Crippen LogP) is 1.11. The third-order valence-electron chi connectivity index (χ3n) is 2.85. The molecule has 2 atom stereocenters. The molecule has 1 saturated heterocycles. The van der Waals surface area contributed by atoms with Crippen LogP contribution in [-0.4, -0.2) is 34.0 Å². The summed E-state index contributed by atoms with van der Waals surface area (Å²) < 4.78 is 0. The van der Waals surface area contributed by atoms with E-state index < -0.39 is 11.9 Å². The number of amides is 1. The first-order chi connectivity index (χ1) is 6.45. The molecule has 1 aliphatic heterocycles. The average molecular weight is 199 g/mol. The number of aliphatic carboxylic acids is 1. The monoisotopic (exact) mass is 199 g/mol. The summed E-state index contributed by atoms with van der Waals surface area (Å²) in [5.74, 6) is -1.13. The van der Waals surface area contributed by atoms with Gasteiger partial charge >= 0.3 is 5.97 Å². The number of carbonyl (C=O) groups excluding carboxylic acids is 1. The second kappa shape index (κ2) is 3.98. The van der Waals surface area contributed by atoms with Crippen molar-refractivity contribution in [1.82, 2.24) is 4.90 Å². The smallest absolute Gasteiger partial charge is 0.308 e. The first-order valence-corrected chi connectivity index (χ1v) is 4.99. The van der Waals surface area contributed by atoms with Crippen molar-refractivity contribution in [3.63, 3.8) is 0 Å². The molecule has 0 spiro atoms. The highest BCUT2D eigenvalue weighted by atomic mass is 16.4. The quantitative estimate of drug-likeness (QED) is 0.724. The third kappa shape index (κ3) is 1.89. The van der Waals surface area contributed by atoms with Gasteiger partial charge in [-0.05, 0) is 27.2 Å². The molecule has 80 valence electrons. The fourth-order valence-corrected chi connectivity index (χ4v) is 2.16. The Balaban J connectivity index is 2.82. The molecule has 4 nitrogen and oxygen atoms in total. The molecule has 0 aromatic rings. The second-order valence-electron chi connectivity index (χ2n) is 4.12. The van der Waals surface area contributed by atoms with Crippen LogP contribution in [0, 0.1) is 5.92 Å². The van der Waals surface area contributed by atoms with Crippen molar-refractivity contribution in [1.29, 1.82) is 0 Å². The van der Waals surface area contributed by atoms with Gasteiger partial charge in [-0.1, -0.05) is 0 Å². The summed E-state index contributed by atoms with van der Waals surface area (Å²) in [4.78, 5) is 24.1. The van der Waals surface area contributed by atoms with Gasteiger partial charge in [-0.3, -0.25) is 9.59 Å². The lowest BCUT2D eigenvalue weighted by Gasteiger charge is -2.40. The molecule has 1 N–H and O–H groups in total. The highest BCUT2D eigenvalue weighted by molar-refractivity contribution is 5.81. The summed E-state index contributed by atoms with van der Waals surface area (Å²) >= 11 is 0. The Labute approximate surface area is 83.9 Å². The number of carbonyl (C=O) groups is 2. The van der Waals surface area contributed by atoms with E-state index >= 15 is 0 Å². The van der Waals surface area contributed by atoms with Gasteiger partial charge in [0, 0.05) is 18.5 Å². The Hall–Kier alpha value is -1.06. The molecule has 1 fully saturated rings. The van der Waals surface area contributed by atoms with Gasteiger partial charge in [-0.2, -0.15) is 0 Å². The van der Waals surface area contributed by atoms with Gasteiger partial charge in [0.05, 0.1) is 5.92 Å². The van der Waals surface area contributed by atoms with E-state index in [0.29, 0.717) is 12.8 Å². The van der Waals surface area contributed by atoms with E-state index in [1.165, 1.54) is 0 Å². The minimum Gasteiger partial charge on any atom is -0.481 e. The summed E-state index contributed by atoms with van der Waals surface area (Å²) in [6, 6.07) is -0.103. The Kier molecular flexibility index (Phi) is 3.13. The number of likely N-dealkylation sites (tertiary alicyclic amines) is 1. The summed E-state index contributed by atoms with van der Waals surface area (Å²) in [5, 5.41) is 8.96. The first-order valence-electron chi connectivity index (χ1n) is 4.99. The minimum absolute atomic E-state index is 0.0741. The maximum Gasteiger partial charge on any atom is 0.308 e. The SMILES string of the molecule is CC(C)N1C(=O)CC[C@H](C(=O)O)[C@H]1C. The molecule has 0 bridgehead atoms. The molecule has 1 heterocycles. The largest absolute Gasteiger partial charge is 0.481 e. The van der Waals surface area contributed by atoms with E-state index in [-0.39, 0.29) is 18.0 Å². The molecule has 0 aromatic heterocycles. The van der Waals surface area contributed by atoms with E-state index in [2.05, 4.69) is 0 Å². The maximum absolute atomic E-state index is 11.5. The fraction of sp³-hybridized carbons (Fsp3) is 0.800. The lowest BCUT2D eigenvalue weighted by atomic mass is 9.89. The van der Waals surface area contributed by atoms with Crippen molar-refractivity contribution in [2.24, 2.45) is 5.92 Å². The molecule has 4 heteroatoms. The number of hydrogen-bond donors (Lipinski definition) is 1. The number of piperidine rings is 1. The van der Waals surface area contributed by atoms with Crippen molar-refractivity contribution in [3.05, 3.63) is 0 Å². The van der Waals surface area contributed by atoms with Crippen LogP contribution in [0.3, 0.4) is 0 Å². The highest BCUT2D eigenvalue weighted by Crippen LogP contribution is 2.26. The molecule has 0 aliphatic carbocycles. The van der Waals surface area contributed by atoms with Gasteiger partial charge in [0.15, 0.2) is 0 Å². The third-order valence-corrected chi connectivity index (χ3v) is 2.85. The lowest BCUT2D eigenvalue weighted by Crippen LogP contribution is -2.52. The molecule has 0 radical (unpaired) electrons. The van der Waals surface area contributed by atoms with E-state index in [1.807, 2.05) is 20.8 Å². The zero-order valence-electron chi connectivity index (χ0n) is 8.86. The van der Waals surface area contributed by atoms with E-state index in [9.17, 15) is 9.59 Å². The van der Waals surface area contributed by atoms with Crippen molar-refractivity contribution in [2.45, 2.75) is 45.7 Å². The van der Waals surface area contributed by atoms with Gasteiger partial charge in [-0.15, -0.1) is 0 Å². The average Bonchev–Trinajstić information content (AvgIpc) is 2.02. The van der Waals surface area contributed by atoms with Gasteiger partial charge in [-0.25, -0.2) is 0 Å². The van der Waals surface area contributed by atoms with Gasteiger partial charge < -0.3 is 10.0 Å². The first kappa shape index (κ1) is 11.0. The Morgan fingerprint density at radius 2 is 2.14 bits per heavy atom. The molecule has 1 amide bonds. The number of hydrogen-bond acceptors (Lipinski definition) is 2. The predicted molar refractivity (Wildman–Crippen MR) is 51.8 cm³/mol. The van der Waals surface area contributed by atoms with Gasteiger partial charge in [0.2, 0.25) is 5.91 Å². The van der Waals surface area contributed by atoms with Crippen LogP contribution in [-0.2, 0) is 9.59 Å². The normalized spacial score (nSPS) is 28.3. The number of rotatable bonds is 2. The van der Waals surface area contributed by atoms with Gasteiger partial charge in [0.25, 0.3) is 0 Å². The van der Waals surface area contributed by atoms with Crippen molar-refractivity contribution < 1.29 is 14.7 Å². The zero-order chi connectivity index (χ0) is 10.9. The molecular formula is C10H17NO3. The molecule has 14 heavy (non-hydrogen) atoms. The van der Waals surface area contributed by atoms with Crippen molar-refractivity contribution in [2.75, 3.05) is 0 Å². The van der Waals surface area contributed by atoms with Crippen LogP contribution in [0.25, 0.3) is 0 Å². The summed E-state index contributed by atoms with van der Waals surface area (Å²) in [6.07, 6.45) is 0.831. The molecule has 0 unspecified atom stereocenters. The zero-order valence-corrected chi connectivity index (χ0v) is 8.86. The van der Waals surface area contributed by atoms with Gasteiger partial charge in [0.1, 0.15) is 0 Å². The number of carboxylic acid groups (broad SMARTS) is 1. The summed E-state index contributed by atoms with van der Waals surface area (Å²) in [7, 11) is 0. The highest BCUT2D eigenvalue weighted by Gasteiger charge is 2.37. The lowest BCUT2D eigenvalue weighted by molar-refractivity contribution is -0.152. The molecule has 1 rings (SSSR count). The van der Waals surface area contributed by atoms with Crippen LogP contribution in [0.2, 0.25) is 0 Å². The van der Waals surface area contributed by atoms with Crippen LogP contribution in [0.4, 0.5) is 0 Å². The van der Waals surface area contributed by atoms with Crippen LogP contribution in [0.5, 0.6) is 0 Å². The summed E-state index contributed by atoms with van der Waals surface area (Å²) in [6.45, 7) is 5.65. The topological polar surface area (TPSA) is 57.6 Å². The second-order valence-corrected chi connectivity index (χ2v) is 4.12. The standard InChI is InChI=1S/C10H17NO3/c1-6(2)11-7(3)8(10(13)14)4-5-9(11)12/h6-8H,4-5H2,1-3H3,(H,13,14)/t7-,8+/m1/s1. The van der Waals surface area contributed by atoms with E-state index in [4.69, 9.17) is 5.11 Å². The molecular weight excluding hydrogens is 182 g/mol. The van der Waals surface area contributed by atoms with Crippen LogP contribution >= 0.6 is 0 Å². The summed E-state index contributed by atoms with van der Waals surface area (Å²) in [5.41, 5.74) is 0. The Morgan fingerprint density at radius 1 is 1.57 bits per heavy atom. The Morgan fingerprint density at radius 3 is 2.57 bits per heavy atom. The maximum atomic E-state index is 11.5. The van der Waals surface area contributed by atoms with E-state index in [1.54, 1.807) is 4.90 Å². The minimum atomic E-state index is -0.796.